The van der Waals surface area contributed by atoms with Crippen molar-refractivity contribution in [1.82, 2.24) is 4.98 Å². The van der Waals surface area contributed by atoms with Crippen LogP contribution in [0.3, 0.4) is 0 Å². The van der Waals surface area contributed by atoms with Crippen molar-refractivity contribution >= 4 is 48.3 Å². The van der Waals surface area contributed by atoms with Crippen LogP contribution >= 0.6 is 0 Å². The van der Waals surface area contributed by atoms with Gasteiger partial charge in [0.05, 0.1) is 35.9 Å². The van der Waals surface area contributed by atoms with E-state index in [2.05, 4.69) is 9.71 Å². The zero-order chi connectivity index (χ0) is 27.5. The van der Waals surface area contributed by atoms with Gasteiger partial charge in [-0.1, -0.05) is 24.3 Å². The number of anilines is 2. The van der Waals surface area contributed by atoms with E-state index in [9.17, 15) is 26.7 Å². The maximum atomic E-state index is 13.5. The van der Waals surface area contributed by atoms with Crippen LogP contribution in [0.1, 0.15) is 0 Å². The van der Waals surface area contributed by atoms with E-state index in [-0.39, 0.29) is 32.1 Å². The lowest BCUT2D eigenvalue weighted by Gasteiger charge is -2.24. The molecular formula is C25H23N3O8S2. The molecule has 0 aliphatic heterocycles. The van der Waals surface area contributed by atoms with E-state index >= 15 is 0 Å². The standard InChI is InChI=1S/C25H23N3O8S2/c1-35-17-7-11-19(12-8-17)37(31,32)27-25-22-6-4-3-5-21(22)23(15-26-25)28(16-24(29)30)38(33,34)20-13-9-18(36-2)10-14-20/h3-15H,16H2,1-2H3,(H,26,27)(H,29,30). The summed E-state index contributed by atoms with van der Waals surface area (Å²) >= 11 is 0. The van der Waals surface area contributed by atoms with Crippen molar-refractivity contribution in [2.24, 2.45) is 0 Å². The van der Waals surface area contributed by atoms with Crippen LogP contribution in [-0.2, 0) is 24.8 Å². The van der Waals surface area contributed by atoms with Gasteiger partial charge in [0.25, 0.3) is 20.0 Å². The number of hydrogen-bond acceptors (Lipinski definition) is 8. The Morgan fingerprint density at radius 1 is 0.842 bits per heavy atom. The Bertz CT molecular complexity index is 1690. The third-order valence-electron chi connectivity index (χ3n) is 5.57. The molecule has 0 amide bonds. The van der Waals surface area contributed by atoms with E-state index in [1.807, 2.05) is 0 Å². The molecule has 1 aromatic heterocycles. The lowest BCUT2D eigenvalue weighted by Crippen LogP contribution is -2.36. The molecule has 2 N–H and O–H groups in total. The maximum absolute atomic E-state index is 13.5. The van der Waals surface area contributed by atoms with Gasteiger partial charge < -0.3 is 14.6 Å². The van der Waals surface area contributed by atoms with Crippen LogP contribution in [0.2, 0.25) is 0 Å². The molecule has 0 atom stereocenters. The first-order valence-corrected chi connectivity index (χ1v) is 13.9. The molecule has 4 aromatic rings. The van der Waals surface area contributed by atoms with Gasteiger partial charge in [-0.05, 0) is 48.5 Å². The molecule has 0 spiro atoms. The second kappa shape index (κ2) is 10.6. The largest absolute Gasteiger partial charge is 0.497 e. The van der Waals surface area contributed by atoms with Crippen LogP contribution in [0.4, 0.5) is 11.5 Å². The van der Waals surface area contributed by atoms with Gasteiger partial charge in [0, 0.05) is 10.8 Å². The summed E-state index contributed by atoms with van der Waals surface area (Å²) in [5.41, 5.74) is -0.0359. The van der Waals surface area contributed by atoms with E-state index in [1.54, 1.807) is 24.3 Å². The van der Waals surface area contributed by atoms with Crippen molar-refractivity contribution in [3.8, 4) is 11.5 Å². The van der Waals surface area contributed by atoms with Crippen molar-refractivity contribution < 1.29 is 36.2 Å². The Morgan fingerprint density at radius 2 is 1.37 bits per heavy atom. The number of aromatic nitrogens is 1. The predicted molar refractivity (Wildman–Crippen MR) is 141 cm³/mol. The molecular weight excluding hydrogens is 534 g/mol. The second-order valence-electron chi connectivity index (χ2n) is 7.90. The van der Waals surface area contributed by atoms with Crippen molar-refractivity contribution in [2.75, 3.05) is 29.8 Å². The number of carbonyl (C=O) groups is 1. The van der Waals surface area contributed by atoms with E-state index in [4.69, 9.17) is 9.47 Å². The molecule has 0 saturated heterocycles. The molecule has 4 rings (SSSR count). The molecule has 3 aromatic carbocycles. The number of hydrogen-bond donors (Lipinski definition) is 2. The zero-order valence-corrected chi connectivity index (χ0v) is 21.9. The Labute approximate surface area is 219 Å². The van der Waals surface area contributed by atoms with E-state index in [0.29, 0.717) is 15.8 Å². The Kier molecular flexibility index (Phi) is 7.41. The van der Waals surface area contributed by atoms with Gasteiger partial charge in [-0.3, -0.25) is 13.8 Å². The summed E-state index contributed by atoms with van der Waals surface area (Å²) in [6.45, 7) is -0.892. The lowest BCUT2D eigenvalue weighted by molar-refractivity contribution is -0.135. The number of benzene rings is 3. The molecule has 0 radical (unpaired) electrons. The first-order valence-electron chi connectivity index (χ1n) is 11.0. The number of ether oxygens (including phenoxy) is 2. The average Bonchev–Trinajstić information content (AvgIpc) is 2.92. The number of methoxy groups -OCH3 is 2. The minimum atomic E-state index is -4.36. The van der Waals surface area contributed by atoms with E-state index < -0.39 is 32.6 Å². The fourth-order valence-electron chi connectivity index (χ4n) is 3.70. The minimum absolute atomic E-state index is 0.0359. The topological polar surface area (TPSA) is 152 Å². The predicted octanol–water partition coefficient (Wildman–Crippen LogP) is 3.33. The Balaban J connectivity index is 1.81. The first kappa shape index (κ1) is 26.7. The van der Waals surface area contributed by atoms with Crippen LogP contribution in [-0.4, -0.2) is 53.7 Å². The van der Waals surface area contributed by atoms with E-state index in [1.165, 1.54) is 62.8 Å². The number of carboxylic acid groups (broad SMARTS) is 1. The normalized spacial score (nSPS) is 11.6. The highest BCUT2D eigenvalue weighted by atomic mass is 32.2. The van der Waals surface area contributed by atoms with Crippen molar-refractivity contribution in [2.45, 2.75) is 9.79 Å². The summed E-state index contributed by atoms with van der Waals surface area (Å²) in [4.78, 5) is 15.7. The monoisotopic (exact) mass is 557 g/mol. The Morgan fingerprint density at radius 3 is 1.89 bits per heavy atom. The summed E-state index contributed by atoms with van der Waals surface area (Å²) in [7, 11) is -5.53. The minimum Gasteiger partial charge on any atom is -0.497 e. The zero-order valence-electron chi connectivity index (χ0n) is 20.2. The fraction of sp³-hybridized carbons (Fsp3) is 0.120. The Hall–Kier alpha value is -4.36. The molecule has 0 fully saturated rings. The number of nitrogens with one attached hydrogen (secondary N) is 1. The summed E-state index contributed by atoms with van der Waals surface area (Å²) in [5, 5.41) is 10.1. The molecule has 1 heterocycles. The number of sulfonamides is 2. The van der Waals surface area contributed by atoms with E-state index in [0.717, 1.165) is 6.20 Å². The summed E-state index contributed by atoms with van der Waals surface area (Å²) in [6, 6.07) is 17.6. The molecule has 0 aliphatic rings. The van der Waals surface area contributed by atoms with Gasteiger partial charge in [-0.15, -0.1) is 0 Å². The van der Waals surface area contributed by atoms with Gasteiger partial charge in [0.2, 0.25) is 0 Å². The van der Waals surface area contributed by atoms with Gasteiger partial charge in [0.1, 0.15) is 23.9 Å². The van der Waals surface area contributed by atoms with Crippen molar-refractivity contribution in [1.29, 1.82) is 0 Å². The molecule has 11 nitrogen and oxygen atoms in total. The van der Waals surface area contributed by atoms with Gasteiger partial charge in [0.15, 0.2) is 0 Å². The average molecular weight is 558 g/mol. The third-order valence-corrected chi connectivity index (χ3v) is 8.70. The third kappa shape index (κ3) is 5.33. The first-order chi connectivity index (χ1) is 18.1. The number of fused-ring (bicyclic) bond motifs is 1. The highest BCUT2D eigenvalue weighted by molar-refractivity contribution is 7.93. The molecule has 0 saturated carbocycles. The molecule has 13 heteroatoms. The molecule has 0 unspecified atom stereocenters. The second-order valence-corrected chi connectivity index (χ2v) is 11.4. The van der Waals surface area contributed by atoms with Crippen LogP contribution in [0.15, 0.2) is 88.8 Å². The van der Waals surface area contributed by atoms with Crippen LogP contribution in [0.5, 0.6) is 11.5 Å². The smallest absolute Gasteiger partial charge is 0.324 e. The number of carboxylic acids is 1. The summed E-state index contributed by atoms with van der Waals surface area (Å²) in [5.74, 6) is -0.546. The maximum Gasteiger partial charge on any atom is 0.324 e. The number of nitrogens with zero attached hydrogens (tertiary/aromatic N) is 2. The highest BCUT2D eigenvalue weighted by Crippen LogP contribution is 2.34. The number of rotatable bonds is 10. The van der Waals surface area contributed by atoms with Crippen LogP contribution in [0.25, 0.3) is 10.8 Å². The van der Waals surface area contributed by atoms with Gasteiger partial charge in [-0.2, -0.15) is 0 Å². The molecule has 198 valence electrons. The number of pyridine rings is 1. The quantitative estimate of drug-likeness (QED) is 0.299. The van der Waals surface area contributed by atoms with Gasteiger partial charge >= 0.3 is 5.97 Å². The van der Waals surface area contributed by atoms with Crippen LogP contribution < -0.4 is 18.5 Å². The summed E-state index contributed by atoms with van der Waals surface area (Å²) in [6.07, 6.45) is 1.12. The fourth-order valence-corrected chi connectivity index (χ4v) is 6.15. The SMILES string of the molecule is COc1ccc(S(=O)(=O)Nc2ncc(N(CC(=O)O)S(=O)(=O)c3ccc(OC)cc3)c3ccccc23)cc1. The molecule has 0 bridgehead atoms. The van der Waals surface area contributed by atoms with Crippen molar-refractivity contribution in [3.05, 3.63) is 79.0 Å². The lowest BCUT2D eigenvalue weighted by atomic mass is 10.1. The molecule has 38 heavy (non-hydrogen) atoms. The molecule has 0 aliphatic carbocycles. The number of aliphatic carboxylic acids is 1. The highest BCUT2D eigenvalue weighted by Gasteiger charge is 2.29. The van der Waals surface area contributed by atoms with Crippen LogP contribution in [0, 0.1) is 0 Å². The van der Waals surface area contributed by atoms with Gasteiger partial charge in [-0.25, -0.2) is 21.8 Å². The summed E-state index contributed by atoms with van der Waals surface area (Å²) < 4.78 is 66.4. The van der Waals surface area contributed by atoms with Crippen molar-refractivity contribution in [3.63, 3.8) is 0 Å².